The highest BCUT2D eigenvalue weighted by Gasteiger charge is 2.26. The SMILES string of the molecule is CCCC(CC)OC(=O)c1cccc(SCCC(=O)O)c1C(=O)OSCCC(CC)C(=O)O. The van der Waals surface area contributed by atoms with Crippen LogP contribution in [0.5, 0.6) is 0 Å². The summed E-state index contributed by atoms with van der Waals surface area (Å²) in [7, 11) is 0. The van der Waals surface area contributed by atoms with Crippen molar-refractivity contribution in [2.24, 2.45) is 5.92 Å². The molecule has 0 heterocycles. The van der Waals surface area contributed by atoms with Crippen molar-refractivity contribution < 1.29 is 38.3 Å². The third-order valence-corrected chi connectivity index (χ3v) is 6.62. The van der Waals surface area contributed by atoms with Crippen molar-refractivity contribution in [1.29, 1.82) is 0 Å². The number of ether oxygens (including phenoxy) is 1. The standard InChI is InChI=1S/C23H32O8S2/c1-4-8-16(6-3)30-22(28)17-9-7-10-18(32-13-12-19(24)25)20(17)23(29)31-33-14-11-15(5-2)21(26)27/h7,9-10,15-16H,4-6,8,11-14H2,1-3H3,(H,24,25)(H,26,27). The van der Waals surface area contributed by atoms with E-state index >= 15 is 0 Å². The van der Waals surface area contributed by atoms with Crippen LogP contribution in [0.4, 0.5) is 0 Å². The third-order valence-electron chi connectivity index (χ3n) is 4.89. The number of carboxylic acids is 2. The second-order valence-electron chi connectivity index (χ2n) is 7.32. The van der Waals surface area contributed by atoms with Crippen molar-refractivity contribution in [2.45, 2.75) is 70.3 Å². The molecule has 8 nitrogen and oxygen atoms in total. The molecule has 0 aromatic heterocycles. The van der Waals surface area contributed by atoms with Gasteiger partial charge in [0.15, 0.2) is 0 Å². The fraction of sp³-hybridized carbons (Fsp3) is 0.565. The highest BCUT2D eigenvalue weighted by Crippen LogP contribution is 2.29. The topological polar surface area (TPSA) is 127 Å². The molecule has 0 saturated heterocycles. The summed E-state index contributed by atoms with van der Waals surface area (Å²) < 4.78 is 10.9. The minimum atomic E-state index is -0.966. The number of benzene rings is 1. The van der Waals surface area contributed by atoms with E-state index in [1.54, 1.807) is 19.1 Å². The first-order valence-corrected chi connectivity index (χ1v) is 12.9. The van der Waals surface area contributed by atoms with Gasteiger partial charge in [0.25, 0.3) is 0 Å². The number of carboxylic acid groups (broad SMARTS) is 2. The fourth-order valence-corrected chi connectivity index (χ4v) is 4.66. The number of hydrogen-bond donors (Lipinski definition) is 2. The highest BCUT2D eigenvalue weighted by molar-refractivity contribution is 7.99. The van der Waals surface area contributed by atoms with Crippen LogP contribution in [-0.4, -0.2) is 51.7 Å². The summed E-state index contributed by atoms with van der Waals surface area (Å²) in [6.45, 7) is 5.68. The molecule has 0 radical (unpaired) electrons. The van der Waals surface area contributed by atoms with Crippen LogP contribution < -0.4 is 0 Å². The van der Waals surface area contributed by atoms with Crippen molar-refractivity contribution in [3.05, 3.63) is 29.3 Å². The molecule has 10 heteroatoms. The Labute approximate surface area is 203 Å². The van der Waals surface area contributed by atoms with Gasteiger partial charge in [0.05, 0.1) is 35.5 Å². The quantitative estimate of drug-likeness (QED) is 0.134. The lowest BCUT2D eigenvalue weighted by Gasteiger charge is -2.17. The molecule has 1 aromatic carbocycles. The van der Waals surface area contributed by atoms with Gasteiger partial charge in [0.1, 0.15) is 6.10 Å². The van der Waals surface area contributed by atoms with Crippen LogP contribution in [0, 0.1) is 5.92 Å². The molecule has 184 valence electrons. The summed E-state index contributed by atoms with van der Waals surface area (Å²) >= 11 is 1.98. The summed E-state index contributed by atoms with van der Waals surface area (Å²) in [5.74, 6) is -3.27. The number of esters is 1. The summed E-state index contributed by atoms with van der Waals surface area (Å²) in [6, 6.07) is 4.73. The number of carbonyl (C=O) groups excluding carboxylic acids is 2. The molecule has 33 heavy (non-hydrogen) atoms. The minimum Gasteiger partial charge on any atom is -0.481 e. The van der Waals surface area contributed by atoms with Gasteiger partial charge in [-0.05, 0) is 37.8 Å². The molecule has 0 aliphatic rings. The van der Waals surface area contributed by atoms with Gasteiger partial charge in [0.2, 0.25) is 0 Å². The van der Waals surface area contributed by atoms with Crippen LogP contribution >= 0.6 is 23.8 Å². The Morgan fingerprint density at radius 2 is 1.70 bits per heavy atom. The second-order valence-corrected chi connectivity index (χ2v) is 9.27. The zero-order valence-corrected chi connectivity index (χ0v) is 20.8. The van der Waals surface area contributed by atoms with Crippen LogP contribution in [-0.2, 0) is 18.5 Å². The van der Waals surface area contributed by atoms with Crippen LogP contribution in [0.3, 0.4) is 0 Å². The van der Waals surface area contributed by atoms with E-state index in [2.05, 4.69) is 0 Å². The molecule has 0 aliphatic heterocycles. The van der Waals surface area contributed by atoms with E-state index in [4.69, 9.17) is 19.1 Å². The van der Waals surface area contributed by atoms with Crippen molar-refractivity contribution in [2.75, 3.05) is 11.5 Å². The molecule has 1 aromatic rings. The Kier molecular flexibility index (Phi) is 13.6. The normalized spacial score (nSPS) is 12.6. The minimum absolute atomic E-state index is 0.0296. The van der Waals surface area contributed by atoms with E-state index in [1.165, 1.54) is 6.07 Å². The first kappa shape index (κ1) is 28.8. The lowest BCUT2D eigenvalue weighted by atomic mass is 10.0. The van der Waals surface area contributed by atoms with Crippen molar-refractivity contribution in [3.63, 3.8) is 0 Å². The number of rotatable bonds is 16. The summed E-state index contributed by atoms with van der Waals surface area (Å²) in [5.41, 5.74) is 0.0921. The van der Waals surface area contributed by atoms with Gasteiger partial charge in [-0.1, -0.05) is 33.3 Å². The van der Waals surface area contributed by atoms with Gasteiger partial charge in [-0.2, -0.15) is 0 Å². The van der Waals surface area contributed by atoms with Gasteiger partial charge in [-0.3, -0.25) is 9.59 Å². The van der Waals surface area contributed by atoms with E-state index in [9.17, 15) is 19.2 Å². The Morgan fingerprint density at radius 1 is 0.970 bits per heavy atom. The van der Waals surface area contributed by atoms with Gasteiger partial charge in [0, 0.05) is 16.4 Å². The molecule has 2 atom stereocenters. The van der Waals surface area contributed by atoms with Gasteiger partial charge < -0.3 is 19.1 Å². The van der Waals surface area contributed by atoms with Crippen LogP contribution in [0.25, 0.3) is 0 Å². The van der Waals surface area contributed by atoms with Crippen LogP contribution in [0.2, 0.25) is 0 Å². The molecule has 2 N–H and O–H groups in total. The largest absolute Gasteiger partial charge is 0.481 e. The smallest absolute Gasteiger partial charge is 0.352 e. The number of carbonyl (C=O) groups is 4. The molecule has 0 amide bonds. The number of thioether (sulfide) groups is 1. The summed E-state index contributed by atoms with van der Waals surface area (Å²) in [5, 5.41) is 18.0. The van der Waals surface area contributed by atoms with Gasteiger partial charge in [-0.25, -0.2) is 9.59 Å². The molecular weight excluding hydrogens is 468 g/mol. The monoisotopic (exact) mass is 500 g/mol. The van der Waals surface area contributed by atoms with Crippen LogP contribution in [0.15, 0.2) is 23.1 Å². The predicted molar refractivity (Wildman–Crippen MR) is 128 cm³/mol. The average Bonchev–Trinajstić information content (AvgIpc) is 2.77. The van der Waals surface area contributed by atoms with E-state index in [-0.39, 0.29) is 29.4 Å². The molecular formula is C23H32O8S2. The summed E-state index contributed by atoms with van der Waals surface area (Å²) in [4.78, 5) is 48.2. The highest BCUT2D eigenvalue weighted by atomic mass is 32.2. The molecule has 0 bridgehead atoms. The van der Waals surface area contributed by atoms with Gasteiger partial charge >= 0.3 is 23.9 Å². The number of hydrogen-bond acceptors (Lipinski definition) is 8. The van der Waals surface area contributed by atoms with Crippen LogP contribution in [0.1, 0.15) is 80.0 Å². The first-order chi connectivity index (χ1) is 15.7. The Morgan fingerprint density at radius 3 is 2.27 bits per heavy atom. The average molecular weight is 501 g/mol. The summed E-state index contributed by atoms with van der Waals surface area (Å²) in [6.07, 6.45) is 2.62. The molecule has 0 spiro atoms. The predicted octanol–water partition coefficient (Wildman–Crippen LogP) is 5.29. The third kappa shape index (κ3) is 10.1. The molecule has 1 rings (SSSR count). The van der Waals surface area contributed by atoms with E-state index in [0.717, 1.165) is 30.2 Å². The van der Waals surface area contributed by atoms with Crippen molar-refractivity contribution in [1.82, 2.24) is 0 Å². The van der Waals surface area contributed by atoms with Crippen molar-refractivity contribution in [3.8, 4) is 0 Å². The zero-order chi connectivity index (χ0) is 24.8. The lowest BCUT2D eigenvalue weighted by molar-refractivity contribution is -0.142. The zero-order valence-electron chi connectivity index (χ0n) is 19.2. The maximum Gasteiger partial charge on any atom is 0.352 e. The van der Waals surface area contributed by atoms with Gasteiger partial charge in [-0.15, -0.1) is 11.8 Å². The first-order valence-electron chi connectivity index (χ1n) is 11.0. The molecule has 2 unspecified atom stereocenters. The lowest BCUT2D eigenvalue weighted by Crippen LogP contribution is -2.20. The molecule has 0 aliphatic carbocycles. The van der Waals surface area contributed by atoms with E-state index in [0.29, 0.717) is 36.3 Å². The van der Waals surface area contributed by atoms with E-state index in [1.807, 2.05) is 13.8 Å². The Bertz CT molecular complexity index is 812. The molecule has 0 saturated carbocycles. The second kappa shape index (κ2) is 15.6. The Balaban J connectivity index is 3.04. The molecule has 0 fully saturated rings. The van der Waals surface area contributed by atoms with E-state index < -0.39 is 29.8 Å². The fourth-order valence-electron chi connectivity index (χ4n) is 2.99. The van der Waals surface area contributed by atoms with Crippen molar-refractivity contribution >= 4 is 47.7 Å². The maximum atomic E-state index is 12.9. The Hall–Kier alpha value is -2.20. The number of aliphatic carboxylic acids is 2. The maximum absolute atomic E-state index is 12.9.